The van der Waals surface area contributed by atoms with Crippen molar-refractivity contribution in [2.75, 3.05) is 0 Å². The number of halogens is 1. The standard InChI is InChI=1S/C6H4N2.FH/c7-5-6-3-1-2-4-8-6;/h1-4H;1H. The Bertz CT molecular complexity index is 202. The molecule has 3 heteroatoms. The zero-order valence-corrected chi connectivity index (χ0v) is 4.61. The quantitative estimate of drug-likeness (QED) is 0.519. The van der Waals surface area contributed by atoms with E-state index in [0.717, 1.165) is 0 Å². The molecule has 0 aliphatic rings. The Kier molecular flexibility index (Phi) is 2.99. The van der Waals surface area contributed by atoms with Crippen LogP contribution in [0.25, 0.3) is 0 Å². The molecule has 0 radical (unpaired) electrons. The third-order valence-corrected chi connectivity index (χ3v) is 0.779. The van der Waals surface area contributed by atoms with Crippen LogP contribution in [0.4, 0.5) is 4.70 Å². The highest BCUT2D eigenvalue weighted by Crippen LogP contribution is 1.86. The average Bonchev–Trinajstić information content (AvgIpc) is 1.90. The second-order valence-corrected chi connectivity index (χ2v) is 1.33. The van der Waals surface area contributed by atoms with E-state index in [1.165, 1.54) is 0 Å². The molecule has 0 spiro atoms. The lowest BCUT2D eigenvalue weighted by Crippen LogP contribution is -1.75. The van der Waals surface area contributed by atoms with Crippen molar-refractivity contribution in [2.24, 2.45) is 0 Å². The van der Waals surface area contributed by atoms with Crippen LogP contribution in [0.2, 0.25) is 0 Å². The highest BCUT2D eigenvalue weighted by atomic mass is 19.0. The fraction of sp³-hybridized carbons (Fsp3) is 0. The predicted molar refractivity (Wildman–Crippen MR) is 31.5 cm³/mol. The molecule has 2 nitrogen and oxygen atoms in total. The summed E-state index contributed by atoms with van der Waals surface area (Å²) in [6, 6.07) is 7.14. The van der Waals surface area contributed by atoms with Gasteiger partial charge in [-0.15, -0.1) is 0 Å². The molecule has 0 unspecified atom stereocenters. The van der Waals surface area contributed by atoms with E-state index in [9.17, 15) is 0 Å². The summed E-state index contributed by atoms with van der Waals surface area (Å²) in [6.07, 6.45) is 1.60. The lowest BCUT2D eigenvalue weighted by Gasteiger charge is -1.79. The maximum absolute atomic E-state index is 8.23. The third kappa shape index (κ3) is 1.87. The first kappa shape index (κ1) is 7.57. The number of pyridine rings is 1. The van der Waals surface area contributed by atoms with Crippen LogP contribution in [0.5, 0.6) is 0 Å². The third-order valence-electron chi connectivity index (χ3n) is 0.779. The fourth-order valence-corrected chi connectivity index (χ4v) is 0.429. The summed E-state index contributed by atoms with van der Waals surface area (Å²) < 4.78 is 0. The van der Waals surface area contributed by atoms with E-state index in [2.05, 4.69) is 4.98 Å². The maximum atomic E-state index is 8.23. The molecule has 0 atom stereocenters. The average molecular weight is 124 g/mol. The highest BCUT2D eigenvalue weighted by molar-refractivity contribution is 5.18. The Morgan fingerprint density at radius 2 is 2.22 bits per heavy atom. The van der Waals surface area contributed by atoms with Gasteiger partial charge in [-0.3, -0.25) is 4.70 Å². The normalized spacial score (nSPS) is 7.00. The van der Waals surface area contributed by atoms with Gasteiger partial charge in [0.15, 0.2) is 0 Å². The molecule has 0 amide bonds. The molecule has 1 aromatic heterocycles. The fourth-order valence-electron chi connectivity index (χ4n) is 0.429. The first-order chi connectivity index (χ1) is 3.93. The van der Waals surface area contributed by atoms with Crippen LogP contribution in [0.1, 0.15) is 5.69 Å². The van der Waals surface area contributed by atoms with E-state index in [0.29, 0.717) is 5.69 Å². The molecule has 0 aliphatic carbocycles. The van der Waals surface area contributed by atoms with Crippen LogP contribution in [0.3, 0.4) is 0 Å². The number of nitriles is 1. The van der Waals surface area contributed by atoms with E-state index in [4.69, 9.17) is 5.26 Å². The van der Waals surface area contributed by atoms with Crippen molar-refractivity contribution >= 4 is 0 Å². The lowest BCUT2D eigenvalue weighted by molar-refractivity contribution is 1.11. The monoisotopic (exact) mass is 124 g/mol. The Morgan fingerprint density at radius 1 is 1.44 bits per heavy atom. The number of aromatic nitrogens is 1. The van der Waals surface area contributed by atoms with Gasteiger partial charge in [-0.2, -0.15) is 5.26 Å². The summed E-state index contributed by atoms with van der Waals surface area (Å²) in [5.41, 5.74) is 0.465. The molecular formula is C6H5FN2. The summed E-state index contributed by atoms with van der Waals surface area (Å²) in [6.45, 7) is 0. The van der Waals surface area contributed by atoms with E-state index < -0.39 is 0 Å². The van der Waals surface area contributed by atoms with Crippen LogP contribution in [0, 0.1) is 11.3 Å². The van der Waals surface area contributed by atoms with Gasteiger partial charge in [0.2, 0.25) is 0 Å². The van der Waals surface area contributed by atoms with Gasteiger partial charge in [0.05, 0.1) is 0 Å². The summed E-state index contributed by atoms with van der Waals surface area (Å²) in [5, 5.41) is 8.23. The molecule has 1 aromatic rings. The number of nitrogens with zero attached hydrogens (tertiary/aromatic N) is 2. The molecule has 1 heterocycles. The van der Waals surface area contributed by atoms with Gasteiger partial charge in [0.1, 0.15) is 11.8 Å². The van der Waals surface area contributed by atoms with Crippen molar-refractivity contribution < 1.29 is 4.70 Å². The van der Waals surface area contributed by atoms with Gasteiger partial charge < -0.3 is 0 Å². The van der Waals surface area contributed by atoms with E-state index in [-0.39, 0.29) is 4.70 Å². The maximum Gasteiger partial charge on any atom is 0.140 e. The van der Waals surface area contributed by atoms with Crippen LogP contribution < -0.4 is 0 Å². The molecule has 0 fully saturated rings. The first-order valence-electron chi connectivity index (χ1n) is 2.24. The minimum Gasteiger partial charge on any atom is -0.269 e. The van der Waals surface area contributed by atoms with Gasteiger partial charge in [0, 0.05) is 6.20 Å². The summed E-state index contributed by atoms with van der Waals surface area (Å²) in [4.78, 5) is 3.74. The Balaban J connectivity index is 0.000000640. The zero-order chi connectivity index (χ0) is 5.82. The van der Waals surface area contributed by atoms with Crippen molar-refractivity contribution in [3.8, 4) is 6.07 Å². The molecule has 9 heavy (non-hydrogen) atoms. The van der Waals surface area contributed by atoms with Gasteiger partial charge in [-0.1, -0.05) is 6.07 Å². The second-order valence-electron chi connectivity index (χ2n) is 1.33. The largest absolute Gasteiger partial charge is 0.269 e. The molecule has 0 saturated carbocycles. The number of hydrogen-bond donors (Lipinski definition) is 0. The minimum absolute atomic E-state index is 0. The van der Waals surface area contributed by atoms with Gasteiger partial charge in [0.25, 0.3) is 0 Å². The lowest BCUT2D eigenvalue weighted by atomic mass is 10.4. The summed E-state index contributed by atoms with van der Waals surface area (Å²) >= 11 is 0. The molecule has 0 bridgehead atoms. The van der Waals surface area contributed by atoms with Crippen molar-refractivity contribution in [2.45, 2.75) is 0 Å². The Hall–Kier alpha value is -1.43. The molecule has 0 aromatic carbocycles. The highest BCUT2D eigenvalue weighted by Gasteiger charge is 1.81. The molecule has 46 valence electrons. The molecule has 0 aliphatic heterocycles. The Morgan fingerprint density at radius 3 is 2.56 bits per heavy atom. The molecule has 0 saturated heterocycles. The van der Waals surface area contributed by atoms with Crippen LogP contribution in [-0.4, -0.2) is 4.98 Å². The van der Waals surface area contributed by atoms with Crippen LogP contribution in [-0.2, 0) is 0 Å². The topological polar surface area (TPSA) is 36.7 Å². The van der Waals surface area contributed by atoms with Crippen molar-refractivity contribution in [1.29, 1.82) is 5.26 Å². The Labute approximate surface area is 52.1 Å². The van der Waals surface area contributed by atoms with Gasteiger partial charge in [-0.25, -0.2) is 4.98 Å². The number of hydrogen-bond acceptors (Lipinski definition) is 2. The van der Waals surface area contributed by atoms with Crippen LogP contribution >= 0.6 is 0 Å². The van der Waals surface area contributed by atoms with E-state index in [1.807, 2.05) is 6.07 Å². The van der Waals surface area contributed by atoms with Gasteiger partial charge >= 0.3 is 0 Å². The SMILES string of the molecule is F.N#Cc1ccccn1. The molecular weight excluding hydrogens is 119 g/mol. The van der Waals surface area contributed by atoms with Crippen LogP contribution in [0.15, 0.2) is 24.4 Å². The molecule has 0 N–H and O–H groups in total. The second kappa shape index (κ2) is 3.56. The van der Waals surface area contributed by atoms with E-state index >= 15 is 0 Å². The summed E-state index contributed by atoms with van der Waals surface area (Å²) in [7, 11) is 0. The van der Waals surface area contributed by atoms with Crippen molar-refractivity contribution in [1.82, 2.24) is 4.98 Å². The van der Waals surface area contributed by atoms with Gasteiger partial charge in [-0.05, 0) is 12.1 Å². The first-order valence-corrected chi connectivity index (χ1v) is 2.24. The predicted octanol–water partition coefficient (Wildman–Crippen LogP) is 1.11. The van der Waals surface area contributed by atoms with Crippen molar-refractivity contribution in [3.63, 3.8) is 0 Å². The molecule has 1 rings (SSSR count). The smallest absolute Gasteiger partial charge is 0.140 e. The van der Waals surface area contributed by atoms with E-state index in [1.54, 1.807) is 24.4 Å². The minimum atomic E-state index is 0. The van der Waals surface area contributed by atoms with Crippen molar-refractivity contribution in [3.05, 3.63) is 30.1 Å². The summed E-state index contributed by atoms with van der Waals surface area (Å²) in [5.74, 6) is 0. The zero-order valence-electron chi connectivity index (χ0n) is 4.61. The number of rotatable bonds is 0.